The van der Waals surface area contributed by atoms with Crippen LogP contribution < -0.4 is 5.32 Å². The van der Waals surface area contributed by atoms with E-state index >= 15 is 0 Å². The third kappa shape index (κ3) is 3.80. The summed E-state index contributed by atoms with van der Waals surface area (Å²) in [7, 11) is 0. The molecule has 0 spiro atoms. The van der Waals surface area contributed by atoms with Crippen LogP contribution in [0.2, 0.25) is 0 Å². The van der Waals surface area contributed by atoms with E-state index in [0.29, 0.717) is 12.2 Å². The van der Waals surface area contributed by atoms with Gasteiger partial charge in [0, 0.05) is 13.1 Å². The molecule has 1 fully saturated rings. The fourth-order valence-corrected chi connectivity index (χ4v) is 2.84. The maximum absolute atomic E-state index is 12.2. The molecule has 0 atom stereocenters. The number of hydrogen-bond acceptors (Lipinski definition) is 4. The van der Waals surface area contributed by atoms with Gasteiger partial charge in [0.1, 0.15) is 5.69 Å². The molecule has 2 heterocycles. The third-order valence-electron chi connectivity index (χ3n) is 4.09. The Labute approximate surface area is 130 Å². The monoisotopic (exact) mass is 298 g/mol. The van der Waals surface area contributed by atoms with Crippen LogP contribution in [-0.4, -0.2) is 47.0 Å². The first kappa shape index (κ1) is 14.9. The number of amides is 1. The number of benzene rings is 1. The zero-order valence-electron chi connectivity index (χ0n) is 12.8. The minimum absolute atomic E-state index is 0.145. The first-order valence-electron chi connectivity index (χ1n) is 8.05. The molecule has 22 heavy (non-hydrogen) atoms. The largest absolute Gasteiger partial charge is 0.349 e. The second-order valence-corrected chi connectivity index (χ2v) is 5.76. The Hall–Kier alpha value is -2.01. The summed E-state index contributed by atoms with van der Waals surface area (Å²) in [5.74, 6) is -0.145. The molecule has 1 aliphatic rings. The van der Waals surface area contributed by atoms with Gasteiger partial charge in [-0.15, -0.1) is 0 Å². The van der Waals surface area contributed by atoms with Gasteiger partial charge in [-0.1, -0.05) is 25.0 Å². The van der Waals surface area contributed by atoms with Crippen molar-refractivity contribution in [3.8, 4) is 0 Å². The Morgan fingerprint density at radius 3 is 2.59 bits per heavy atom. The highest BCUT2D eigenvalue weighted by Gasteiger charge is 2.11. The van der Waals surface area contributed by atoms with E-state index in [4.69, 9.17) is 0 Å². The smallest absolute Gasteiger partial charge is 0.271 e. The number of likely N-dealkylation sites (tertiary alicyclic amines) is 1. The molecule has 1 aromatic carbocycles. The number of rotatable bonds is 4. The summed E-state index contributed by atoms with van der Waals surface area (Å²) in [5.41, 5.74) is 1.95. The van der Waals surface area contributed by atoms with Crippen LogP contribution in [0.5, 0.6) is 0 Å². The van der Waals surface area contributed by atoms with Crippen LogP contribution in [-0.2, 0) is 0 Å². The van der Waals surface area contributed by atoms with Gasteiger partial charge in [0.25, 0.3) is 5.91 Å². The fourth-order valence-electron chi connectivity index (χ4n) is 2.84. The molecule has 5 heteroatoms. The second-order valence-electron chi connectivity index (χ2n) is 5.76. The van der Waals surface area contributed by atoms with E-state index in [1.54, 1.807) is 6.20 Å². The minimum atomic E-state index is -0.145. The molecule has 1 aromatic heterocycles. The first-order valence-corrected chi connectivity index (χ1v) is 8.05. The average molecular weight is 298 g/mol. The third-order valence-corrected chi connectivity index (χ3v) is 4.09. The van der Waals surface area contributed by atoms with Gasteiger partial charge in [0.2, 0.25) is 0 Å². The summed E-state index contributed by atoms with van der Waals surface area (Å²) in [6.07, 6.45) is 6.74. The maximum Gasteiger partial charge on any atom is 0.271 e. The quantitative estimate of drug-likeness (QED) is 0.940. The molecule has 1 saturated heterocycles. The van der Waals surface area contributed by atoms with E-state index in [0.717, 1.165) is 30.7 Å². The van der Waals surface area contributed by atoms with Crippen molar-refractivity contribution in [3.63, 3.8) is 0 Å². The summed E-state index contributed by atoms with van der Waals surface area (Å²) in [4.78, 5) is 23.2. The van der Waals surface area contributed by atoms with E-state index in [9.17, 15) is 4.79 Å². The van der Waals surface area contributed by atoms with E-state index in [2.05, 4.69) is 20.2 Å². The van der Waals surface area contributed by atoms with Crippen LogP contribution in [0.25, 0.3) is 11.0 Å². The molecule has 116 valence electrons. The summed E-state index contributed by atoms with van der Waals surface area (Å²) in [6.45, 7) is 3.86. The Balaban J connectivity index is 1.54. The molecule has 0 bridgehead atoms. The molecule has 1 N–H and O–H groups in total. The van der Waals surface area contributed by atoms with Crippen molar-refractivity contribution in [2.45, 2.75) is 25.7 Å². The number of nitrogens with zero attached hydrogens (tertiary/aromatic N) is 3. The van der Waals surface area contributed by atoms with Crippen LogP contribution >= 0.6 is 0 Å². The predicted molar refractivity (Wildman–Crippen MR) is 86.8 cm³/mol. The highest BCUT2D eigenvalue weighted by atomic mass is 16.1. The highest BCUT2D eigenvalue weighted by molar-refractivity contribution is 5.93. The topological polar surface area (TPSA) is 58.1 Å². The standard InChI is InChI=1S/C17H22N4O/c22-17(18-9-12-21-10-5-1-2-6-11-21)16-13-19-14-7-3-4-8-15(14)20-16/h3-4,7-8,13H,1-2,5-6,9-12H2,(H,18,22). The van der Waals surface area contributed by atoms with Crippen molar-refractivity contribution in [3.05, 3.63) is 36.2 Å². The summed E-state index contributed by atoms with van der Waals surface area (Å²) in [6, 6.07) is 7.58. The molecule has 0 saturated carbocycles. The van der Waals surface area contributed by atoms with Gasteiger partial charge >= 0.3 is 0 Å². The number of nitrogens with one attached hydrogen (secondary N) is 1. The Bertz CT molecular complexity index is 635. The molecule has 0 radical (unpaired) electrons. The van der Waals surface area contributed by atoms with Crippen LogP contribution in [0.3, 0.4) is 0 Å². The summed E-state index contributed by atoms with van der Waals surface area (Å²) in [5, 5.41) is 2.95. The Kier molecular flexibility index (Phi) is 4.96. The summed E-state index contributed by atoms with van der Waals surface area (Å²) >= 11 is 0. The van der Waals surface area contributed by atoms with Crippen molar-refractivity contribution in [1.29, 1.82) is 0 Å². The van der Waals surface area contributed by atoms with Crippen molar-refractivity contribution in [2.24, 2.45) is 0 Å². The summed E-state index contributed by atoms with van der Waals surface area (Å²) < 4.78 is 0. The van der Waals surface area contributed by atoms with Gasteiger partial charge in [-0.2, -0.15) is 0 Å². The zero-order chi connectivity index (χ0) is 15.2. The number of carbonyl (C=O) groups is 1. The predicted octanol–water partition coefficient (Wildman–Crippen LogP) is 2.24. The number of aromatic nitrogens is 2. The maximum atomic E-state index is 12.2. The van der Waals surface area contributed by atoms with Gasteiger partial charge in [-0.3, -0.25) is 9.78 Å². The second kappa shape index (κ2) is 7.31. The molecule has 3 rings (SSSR count). The van der Waals surface area contributed by atoms with Crippen molar-refractivity contribution < 1.29 is 4.79 Å². The normalized spacial score (nSPS) is 16.4. The fraction of sp³-hybridized carbons (Fsp3) is 0.471. The van der Waals surface area contributed by atoms with Crippen LogP contribution in [0.4, 0.5) is 0 Å². The van der Waals surface area contributed by atoms with E-state index in [1.165, 1.54) is 25.7 Å². The van der Waals surface area contributed by atoms with E-state index in [-0.39, 0.29) is 5.91 Å². The SMILES string of the molecule is O=C(NCCN1CCCCCC1)c1cnc2ccccc2n1. The van der Waals surface area contributed by atoms with Gasteiger partial charge in [0.15, 0.2) is 0 Å². The number of fused-ring (bicyclic) bond motifs is 1. The molecule has 5 nitrogen and oxygen atoms in total. The average Bonchev–Trinajstić information content (AvgIpc) is 2.83. The lowest BCUT2D eigenvalue weighted by molar-refractivity contribution is 0.0943. The molecular formula is C17H22N4O. The first-order chi connectivity index (χ1) is 10.8. The number of para-hydroxylation sites is 2. The van der Waals surface area contributed by atoms with E-state index in [1.807, 2.05) is 24.3 Å². The van der Waals surface area contributed by atoms with Gasteiger partial charge in [-0.05, 0) is 38.1 Å². The Morgan fingerprint density at radius 1 is 1.09 bits per heavy atom. The van der Waals surface area contributed by atoms with Crippen molar-refractivity contribution in [2.75, 3.05) is 26.2 Å². The van der Waals surface area contributed by atoms with Gasteiger partial charge in [-0.25, -0.2) is 4.98 Å². The van der Waals surface area contributed by atoms with Gasteiger partial charge in [0.05, 0.1) is 17.2 Å². The lowest BCUT2D eigenvalue weighted by atomic mass is 10.2. The minimum Gasteiger partial charge on any atom is -0.349 e. The lowest BCUT2D eigenvalue weighted by Gasteiger charge is -2.19. The molecule has 0 aliphatic carbocycles. The van der Waals surface area contributed by atoms with Crippen molar-refractivity contribution >= 4 is 16.9 Å². The molecule has 2 aromatic rings. The lowest BCUT2D eigenvalue weighted by Crippen LogP contribution is -2.35. The zero-order valence-corrected chi connectivity index (χ0v) is 12.8. The van der Waals surface area contributed by atoms with Crippen LogP contribution in [0, 0.1) is 0 Å². The van der Waals surface area contributed by atoms with E-state index < -0.39 is 0 Å². The highest BCUT2D eigenvalue weighted by Crippen LogP contribution is 2.09. The number of carbonyl (C=O) groups excluding carboxylic acids is 1. The van der Waals surface area contributed by atoms with Crippen LogP contribution in [0.15, 0.2) is 30.5 Å². The van der Waals surface area contributed by atoms with Gasteiger partial charge < -0.3 is 10.2 Å². The van der Waals surface area contributed by atoms with Crippen LogP contribution in [0.1, 0.15) is 36.2 Å². The van der Waals surface area contributed by atoms with Crippen molar-refractivity contribution in [1.82, 2.24) is 20.2 Å². The Morgan fingerprint density at radius 2 is 1.82 bits per heavy atom. The molecule has 1 aliphatic heterocycles. The molecule has 0 unspecified atom stereocenters. The molecular weight excluding hydrogens is 276 g/mol. The molecule has 1 amide bonds. The number of hydrogen-bond donors (Lipinski definition) is 1.